The molecule has 0 aromatic carbocycles. The van der Waals surface area contributed by atoms with Gasteiger partial charge in [-0.1, -0.05) is 26.7 Å². The molecule has 0 aliphatic heterocycles. The predicted octanol–water partition coefficient (Wildman–Crippen LogP) is 1.96. The van der Waals surface area contributed by atoms with Gasteiger partial charge in [0, 0.05) is 6.04 Å². The fraction of sp³-hybridized carbons (Fsp3) is 0.917. The van der Waals surface area contributed by atoms with Crippen molar-refractivity contribution in [1.82, 2.24) is 5.32 Å². The molecule has 1 saturated carbocycles. The van der Waals surface area contributed by atoms with Gasteiger partial charge in [-0.25, -0.2) is 0 Å². The quantitative estimate of drug-likeness (QED) is 0.726. The minimum atomic E-state index is -0.165. The maximum Gasteiger partial charge on any atom is 0.319 e. The van der Waals surface area contributed by atoms with Gasteiger partial charge in [0.15, 0.2) is 0 Å². The Morgan fingerprint density at radius 1 is 1.47 bits per heavy atom. The molecule has 0 aromatic heterocycles. The number of ether oxygens (including phenoxy) is 1. The number of carbonyl (C=O) groups excluding carboxylic acids is 1. The molecule has 3 heteroatoms. The minimum absolute atomic E-state index is 0.165. The third-order valence-electron chi connectivity index (χ3n) is 3.42. The molecule has 2 unspecified atom stereocenters. The van der Waals surface area contributed by atoms with Crippen LogP contribution in [0, 0.1) is 11.8 Å². The molecule has 0 amide bonds. The zero-order chi connectivity index (χ0) is 11.3. The average molecular weight is 213 g/mol. The largest absolute Gasteiger partial charge is 0.468 e. The van der Waals surface area contributed by atoms with E-state index in [0.29, 0.717) is 12.6 Å². The summed E-state index contributed by atoms with van der Waals surface area (Å²) in [4.78, 5) is 11.0. The highest BCUT2D eigenvalue weighted by atomic mass is 16.5. The van der Waals surface area contributed by atoms with Crippen LogP contribution in [0.3, 0.4) is 0 Å². The summed E-state index contributed by atoms with van der Waals surface area (Å²) >= 11 is 0. The SMILES string of the molecule is COC(=O)CNC1CCCC(C(C)C)C1. The van der Waals surface area contributed by atoms with Crippen LogP contribution < -0.4 is 5.32 Å². The summed E-state index contributed by atoms with van der Waals surface area (Å²) in [7, 11) is 1.43. The summed E-state index contributed by atoms with van der Waals surface area (Å²) in [5, 5.41) is 3.28. The monoisotopic (exact) mass is 213 g/mol. The van der Waals surface area contributed by atoms with Crippen molar-refractivity contribution < 1.29 is 9.53 Å². The molecular weight excluding hydrogens is 190 g/mol. The molecule has 1 fully saturated rings. The van der Waals surface area contributed by atoms with E-state index in [1.807, 2.05) is 0 Å². The van der Waals surface area contributed by atoms with E-state index in [-0.39, 0.29) is 5.97 Å². The molecule has 0 heterocycles. The van der Waals surface area contributed by atoms with E-state index in [9.17, 15) is 4.79 Å². The molecule has 2 atom stereocenters. The van der Waals surface area contributed by atoms with Crippen molar-refractivity contribution in [3.05, 3.63) is 0 Å². The van der Waals surface area contributed by atoms with Crippen LogP contribution in [-0.4, -0.2) is 25.7 Å². The van der Waals surface area contributed by atoms with E-state index < -0.39 is 0 Å². The zero-order valence-corrected chi connectivity index (χ0v) is 10.1. The number of esters is 1. The van der Waals surface area contributed by atoms with E-state index in [1.54, 1.807) is 0 Å². The second kappa shape index (κ2) is 6.11. The van der Waals surface area contributed by atoms with Crippen molar-refractivity contribution in [3.63, 3.8) is 0 Å². The van der Waals surface area contributed by atoms with Crippen LogP contribution in [0.2, 0.25) is 0 Å². The highest BCUT2D eigenvalue weighted by Crippen LogP contribution is 2.29. The van der Waals surface area contributed by atoms with Gasteiger partial charge in [-0.05, 0) is 24.7 Å². The molecule has 0 spiro atoms. The maximum atomic E-state index is 11.0. The second-order valence-electron chi connectivity index (χ2n) is 4.82. The molecule has 1 aliphatic rings. The summed E-state index contributed by atoms with van der Waals surface area (Å²) in [6, 6.07) is 0.505. The maximum absolute atomic E-state index is 11.0. The molecular formula is C12H23NO2. The van der Waals surface area contributed by atoms with Gasteiger partial charge in [0.05, 0.1) is 13.7 Å². The zero-order valence-electron chi connectivity index (χ0n) is 10.1. The third-order valence-corrected chi connectivity index (χ3v) is 3.42. The molecule has 1 N–H and O–H groups in total. The Hall–Kier alpha value is -0.570. The molecule has 0 saturated heterocycles. The van der Waals surface area contributed by atoms with Crippen molar-refractivity contribution >= 4 is 5.97 Å². The number of nitrogens with one attached hydrogen (secondary N) is 1. The van der Waals surface area contributed by atoms with Crippen molar-refractivity contribution in [2.24, 2.45) is 11.8 Å². The van der Waals surface area contributed by atoms with E-state index >= 15 is 0 Å². The first-order chi connectivity index (χ1) is 7.13. The fourth-order valence-corrected chi connectivity index (χ4v) is 2.32. The third kappa shape index (κ3) is 4.20. The molecule has 0 aromatic rings. The number of hydrogen-bond donors (Lipinski definition) is 1. The van der Waals surface area contributed by atoms with E-state index in [2.05, 4.69) is 23.9 Å². The Labute approximate surface area is 92.6 Å². The van der Waals surface area contributed by atoms with Crippen molar-refractivity contribution in [3.8, 4) is 0 Å². The van der Waals surface area contributed by atoms with Crippen molar-refractivity contribution in [2.75, 3.05) is 13.7 Å². The first-order valence-electron chi connectivity index (χ1n) is 5.93. The van der Waals surface area contributed by atoms with Gasteiger partial charge in [-0.2, -0.15) is 0 Å². The van der Waals surface area contributed by atoms with E-state index in [0.717, 1.165) is 11.8 Å². The molecule has 15 heavy (non-hydrogen) atoms. The molecule has 3 nitrogen and oxygen atoms in total. The summed E-state index contributed by atoms with van der Waals surface area (Å²) in [6.07, 6.45) is 5.02. The standard InChI is InChI=1S/C12H23NO2/c1-9(2)10-5-4-6-11(7-10)13-8-12(14)15-3/h9-11,13H,4-8H2,1-3H3. The van der Waals surface area contributed by atoms with Crippen LogP contribution in [0.25, 0.3) is 0 Å². The highest BCUT2D eigenvalue weighted by molar-refractivity contribution is 5.71. The van der Waals surface area contributed by atoms with Crippen LogP contribution in [-0.2, 0) is 9.53 Å². The van der Waals surface area contributed by atoms with Crippen molar-refractivity contribution in [1.29, 1.82) is 0 Å². The number of hydrogen-bond acceptors (Lipinski definition) is 3. The Bertz CT molecular complexity index is 204. The van der Waals surface area contributed by atoms with Crippen molar-refractivity contribution in [2.45, 2.75) is 45.6 Å². The lowest BCUT2D eigenvalue weighted by atomic mass is 9.79. The fourth-order valence-electron chi connectivity index (χ4n) is 2.32. The van der Waals surface area contributed by atoms with Gasteiger partial charge in [0.2, 0.25) is 0 Å². The summed E-state index contributed by atoms with van der Waals surface area (Å²) in [5.41, 5.74) is 0. The molecule has 1 rings (SSSR count). The molecule has 0 bridgehead atoms. The molecule has 0 radical (unpaired) electrons. The van der Waals surface area contributed by atoms with Gasteiger partial charge in [-0.15, -0.1) is 0 Å². The summed E-state index contributed by atoms with van der Waals surface area (Å²) in [6.45, 7) is 4.92. The van der Waals surface area contributed by atoms with Gasteiger partial charge in [0.1, 0.15) is 0 Å². The average Bonchev–Trinajstić information content (AvgIpc) is 2.26. The summed E-state index contributed by atoms with van der Waals surface area (Å²) in [5.74, 6) is 1.41. The lowest BCUT2D eigenvalue weighted by molar-refractivity contribution is -0.139. The Morgan fingerprint density at radius 2 is 2.20 bits per heavy atom. The lowest BCUT2D eigenvalue weighted by Gasteiger charge is -2.31. The van der Waals surface area contributed by atoms with Gasteiger partial charge in [-0.3, -0.25) is 4.79 Å². The van der Waals surface area contributed by atoms with Crippen LogP contribution >= 0.6 is 0 Å². The Morgan fingerprint density at radius 3 is 2.80 bits per heavy atom. The first kappa shape index (κ1) is 12.5. The van der Waals surface area contributed by atoms with Gasteiger partial charge < -0.3 is 10.1 Å². The Kier molecular flexibility index (Phi) is 5.09. The van der Waals surface area contributed by atoms with Crippen LogP contribution in [0.1, 0.15) is 39.5 Å². The van der Waals surface area contributed by atoms with Crippen LogP contribution in [0.15, 0.2) is 0 Å². The lowest BCUT2D eigenvalue weighted by Crippen LogP contribution is -2.38. The highest BCUT2D eigenvalue weighted by Gasteiger charge is 2.24. The predicted molar refractivity (Wildman–Crippen MR) is 60.6 cm³/mol. The van der Waals surface area contributed by atoms with Gasteiger partial charge >= 0.3 is 5.97 Å². The number of rotatable bonds is 4. The molecule has 88 valence electrons. The number of methoxy groups -OCH3 is 1. The van der Waals surface area contributed by atoms with E-state index in [1.165, 1.54) is 32.8 Å². The van der Waals surface area contributed by atoms with E-state index in [4.69, 9.17) is 0 Å². The number of carbonyl (C=O) groups is 1. The second-order valence-corrected chi connectivity index (χ2v) is 4.82. The topological polar surface area (TPSA) is 38.3 Å². The van der Waals surface area contributed by atoms with Gasteiger partial charge in [0.25, 0.3) is 0 Å². The molecule has 1 aliphatic carbocycles. The van der Waals surface area contributed by atoms with Crippen LogP contribution in [0.4, 0.5) is 0 Å². The first-order valence-corrected chi connectivity index (χ1v) is 5.93. The smallest absolute Gasteiger partial charge is 0.319 e. The normalized spacial score (nSPS) is 26.7. The minimum Gasteiger partial charge on any atom is -0.468 e. The van der Waals surface area contributed by atoms with Crippen LogP contribution in [0.5, 0.6) is 0 Å². The summed E-state index contributed by atoms with van der Waals surface area (Å²) < 4.78 is 4.61. The Balaban J connectivity index is 2.27.